The van der Waals surface area contributed by atoms with E-state index in [0.717, 1.165) is 0 Å². The van der Waals surface area contributed by atoms with E-state index in [1.165, 1.54) is 0 Å². The minimum absolute atomic E-state index is 0.0856. The van der Waals surface area contributed by atoms with Gasteiger partial charge in [0, 0.05) is 13.1 Å². The summed E-state index contributed by atoms with van der Waals surface area (Å²) < 4.78 is 0. The van der Waals surface area contributed by atoms with Gasteiger partial charge >= 0.3 is 0 Å². The van der Waals surface area contributed by atoms with Crippen LogP contribution < -0.4 is 21.9 Å². The van der Waals surface area contributed by atoms with E-state index in [9.17, 15) is 9.59 Å². The number of piperazine rings is 1. The number of carbonyl (C=O) groups excluding carboxylic acids is 2. The molecule has 0 aliphatic carbocycles. The van der Waals surface area contributed by atoms with Gasteiger partial charge in [-0.15, -0.1) is 0 Å². The Bertz CT molecular complexity index is 194. The van der Waals surface area contributed by atoms with Gasteiger partial charge in [0.2, 0.25) is 11.8 Å². The summed E-state index contributed by atoms with van der Waals surface area (Å²) in [6.07, 6.45) is 0.0856. The van der Waals surface area contributed by atoms with Crippen LogP contribution in [0.2, 0.25) is 0 Å². The Morgan fingerprint density at radius 3 is 3.00 bits per heavy atom. The van der Waals surface area contributed by atoms with E-state index >= 15 is 0 Å². The molecule has 0 aromatic heterocycles. The van der Waals surface area contributed by atoms with Crippen molar-refractivity contribution in [1.82, 2.24) is 16.1 Å². The highest BCUT2D eigenvalue weighted by Crippen LogP contribution is 1.94. The molecule has 1 saturated heterocycles. The molecule has 0 spiro atoms. The first-order valence-electron chi connectivity index (χ1n) is 3.74. The molecule has 6 heteroatoms. The van der Waals surface area contributed by atoms with Crippen molar-refractivity contribution in [3.05, 3.63) is 0 Å². The third kappa shape index (κ3) is 2.18. The standard InChI is InChI=1S/C6H12N4O2/c7-10-5(11)3-4-6(12)9-2-1-8-4/h4,8H,1-3,7H2,(H,9,12)(H,10,11)/t4-/m0/s1. The number of hydrazine groups is 1. The first kappa shape index (κ1) is 8.95. The van der Waals surface area contributed by atoms with Crippen molar-refractivity contribution in [3.63, 3.8) is 0 Å². The third-order valence-electron chi connectivity index (χ3n) is 1.68. The number of nitrogens with two attached hydrogens (primary N) is 1. The largest absolute Gasteiger partial charge is 0.353 e. The molecule has 0 radical (unpaired) electrons. The van der Waals surface area contributed by atoms with Crippen LogP contribution in [0.3, 0.4) is 0 Å². The van der Waals surface area contributed by atoms with Gasteiger partial charge in [0.1, 0.15) is 0 Å². The van der Waals surface area contributed by atoms with Gasteiger partial charge in [0.25, 0.3) is 0 Å². The van der Waals surface area contributed by atoms with Crippen molar-refractivity contribution in [2.24, 2.45) is 5.84 Å². The van der Waals surface area contributed by atoms with Crippen LogP contribution in [0.4, 0.5) is 0 Å². The smallest absolute Gasteiger partial charge is 0.237 e. The van der Waals surface area contributed by atoms with Gasteiger partial charge in [-0.3, -0.25) is 15.0 Å². The fourth-order valence-electron chi connectivity index (χ4n) is 1.06. The van der Waals surface area contributed by atoms with Crippen LogP contribution in [0.15, 0.2) is 0 Å². The second-order valence-corrected chi connectivity index (χ2v) is 2.57. The van der Waals surface area contributed by atoms with E-state index < -0.39 is 6.04 Å². The molecule has 1 heterocycles. The number of amides is 2. The Labute approximate surface area is 69.8 Å². The molecular formula is C6H12N4O2. The molecule has 68 valence electrons. The highest BCUT2D eigenvalue weighted by Gasteiger charge is 2.23. The minimum Gasteiger partial charge on any atom is -0.353 e. The predicted octanol–water partition coefficient (Wildman–Crippen LogP) is -2.55. The van der Waals surface area contributed by atoms with E-state index in [2.05, 4.69) is 10.6 Å². The monoisotopic (exact) mass is 172 g/mol. The average molecular weight is 172 g/mol. The van der Waals surface area contributed by atoms with Gasteiger partial charge in [0.05, 0.1) is 12.5 Å². The lowest BCUT2D eigenvalue weighted by atomic mass is 10.1. The fourth-order valence-corrected chi connectivity index (χ4v) is 1.06. The first-order valence-corrected chi connectivity index (χ1v) is 3.74. The second kappa shape index (κ2) is 4.03. The maximum atomic E-state index is 11.1. The Morgan fingerprint density at radius 2 is 2.42 bits per heavy atom. The molecule has 0 saturated carbocycles. The molecule has 1 atom stereocenters. The first-order chi connectivity index (χ1) is 5.74. The number of hydrogen-bond donors (Lipinski definition) is 4. The maximum Gasteiger partial charge on any atom is 0.237 e. The van der Waals surface area contributed by atoms with Crippen LogP contribution in [-0.4, -0.2) is 30.9 Å². The van der Waals surface area contributed by atoms with Crippen molar-refractivity contribution >= 4 is 11.8 Å². The SMILES string of the molecule is NNC(=O)C[C@@H]1NCCNC1=O. The molecule has 0 bridgehead atoms. The molecule has 2 amide bonds. The summed E-state index contributed by atoms with van der Waals surface area (Å²) in [5, 5.41) is 5.54. The van der Waals surface area contributed by atoms with Crippen molar-refractivity contribution in [2.45, 2.75) is 12.5 Å². The quantitative estimate of drug-likeness (QED) is 0.209. The Hall–Kier alpha value is -1.14. The lowest BCUT2D eigenvalue weighted by molar-refractivity contribution is -0.129. The fraction of sp³-hybridized carbons (Fsp3) is 0.667. The molecule has 5 N–H and O–H groups in total. The van der Waals surface area contributed by atoms with Crippen LogP contribution in [0.25, 0.3) is 0 Å². The van der Waals surface area contributed by atoms with Gasteiger partial charge in [-0.25, -0.2) is 5.84 Å². The van der Waals surface area contributed by atoms with Crippen LogP contribution in [0, 0.1) is 0 Å². The molecule has 1 aliphatic rings. The summed E-state index contributed by atoms with van der Waals surface area (Å²) >= 11 is 0. The van der Waals surface area contributed by atoms with Crippen molar-refractivity contribution in [3.8, 4) is 0 Å². The van der Waals surface area contributed by atoms with E-state index in [-0.39, 0.29) is 18.2 Å². The molecule has 0 aromatic rings. The van der Waals surface area contributed by atoms with Crippen molar-refractivity contribution in [1.29, 1.82) is 0 Å². The third-order valence-corrected chi connectivity index (χ3v) is 1.68. The average Bonchev–Trinajstić information content (AvgIpc) is 2.09. The summed E-state index contributed by atoms with van der Waals surface area (Å²) in [4.78, 5) is 21.8. The van der Waals surface area contributed by atoms with Crippen LogP contribution in [0.1, 0.15) is 6.42 Å². The summed E-state index contributed by atoms with van der Waals surface area (Å²) in [7, 11) is 0. The lowest BCUT2D eigenvalue weighted by Gasteiger charge is -2.22. The number of nitrogens with one attached hydrogen (secondary N) is 3. The normalized spacial score (nSPS) is 23.1. The summed E-state index contributed by atoms with van der Waals surface area (Å²) in [6, 6.07) is -0.442. The van der Waals surface area contributed by atoms with E-state index in [1.807, 2.05) is 5.43 Å². The predicted molar refractivity (Wildman–Crippen MR) is 41.7 cm³/mol. The molecule has 1 aliphatic heterocycles. The van der Waals surface area contributed by atoms with Gasteiger partial charge in [0.15, 0.2) is 0 Å². The van der Waals surface area contributed by atoms with E-state index in [1.54, 1.807) is 0 Å². The van der Waals surface area contributed by atoms with Crippen LogP contribution in [0.5, 0.6) is 0 Å². The van der Waals surface area contributed by atoms with Gasteiger partial charge in [-0.2, -0.15) is 0 Å². The Balaban J connectivity index is 2.39. The summed E-state index contributed by atoms with van der Waals surface area (Å²) in [6.45, 7) is 1.30. The zero-order valence-electron chi connectivity index (χ0n) is 6.59. The van der Waals surface area contributed by atoms with Crippen LogP contribution >= 0.6 is 0 Å². The van der Waals surface area contributed by atoms with Crippen molar-refractivity contribution < 1.29 is 9.59 Å². The summed E-state index contributed by atoms with van der Waals surface area (Å²) in [5.41, 5.74) is 1.97. The van der Waals surface area contributed by atoms with Gasteiger partial charge in [-0.1, -0.05) is 0 Å². The number of carbonyl (C=O) groups is 2. The molecule has 1 rings (SSSR count). The van der Waals surface area contributed by atoms with E-state index in [4.69, 9.17) is 5.84 Å². The number of hydrogen-bond acceptors (Lipinski definition) is 4. The maximum absolute atomic E-state index is 11.1. The molecule has 6 nitrogen and oxygen atoms in total. The topological polar surface area (TPSA) is 96.2 Å². The van der Waals surface area contributed by atoms with Crippen molar-refractivity contribution in [2.75, 3.05) is 13.1 Å². The molecular weight excluding hydrogens is 160 g/mol. The highest BCUT2D eigenvalue weighted by molar-refractivity contribution is 5.88. The Morgan fingerprint density at radius 1 is 1.67 bits per heavy atom. The van der Waals surface area contributed by atoms with E-state index in [0.29, 0.717) is 13.1 Å². The molecule has 1 fully saturated rings. The summed E-state index contributed by atoms with van der Waals surface area (Å²) in [5.74, 6) is 4.38. The minimum atomic E-state index is -0.442. The zero-order chi connectivity index (χ0) is 8.97. The van der Waals surface area contributed by atoms with Gasteiger partial charge in [-0.05, 0) is 0 Å². The zero-order valence-corrected chi connectivity index (χ0v) is 6.59. The Kier molecular flexibility index (Phi) is 3.01. The molecule has 12 heavy (non-hydrogen) atoms. The lowest BCUT2D eigenvalue weighted by Crippen LogP contribution is -2.54. The highest BCUT2D eigenvalue weighted by atomic mass is 16.2. The molecule has 0 aromatic carbocycles. The number of rotatable bonds is 2. The molecule has 0 unspecified atom stereocenters. The van der Waals surface area contributed by atoms with Gasteiger partial charge < -0.3 is 10.6 Å². The van der Waals surface area contributed by atoms with Crippen LogP contribution in [-0.2, 0) is 9.59 Å². The second-order valence-electron chi connectivity index (χ2n) is 2.57.